The first-order valence-electron chi connectivity index (χ1n) is 13.1. The van der Waals surface area contributed by atoms with Gasteiger partial charge in [-0.25, -0.2) is 0 Å². The third kappa shape index (κ3) is 8.88. The lowest BCUT2D eigenvalue weighted by atomic mass is 9.85. The van der Waals surface area contributed by atoms with Gasteiger partial charge in [-0.05, 0) is 42.9 Å². The fraction of sp³-hybridized carbons (Fsp3) is 0.571. The minimum Gasteiger partial charge on any atom is -0.348 e. The summed E-state index contributed by atoms with van der Waals surface area (Å²) >= 11 is 0. The lowest BCUT2D eigenvalue weighted by Gasteiger charge is -2.25. The van der Waals surface area contributed by atoms with Crippen molar-refractivity contribution < 1.29 is 9.72 Å². The first-order chi connectivity index (χ1) is 16.6. The third-order valence-electron chi connectivity index (χ3n) is 6.98. The van der Waals surface area contributed by atoms with Crippen LogP contribution in [0.2, 0.25) is 0 Å². The van der Waals surface area contributed by atoms with Gasteiger partial charge in [0.15, 0.2) is 0 Å². The van der Waals surface area contributed by atoms with Crippen LogP contribution in [0.1, 0.15) is 112 Å². The van der Waals surface area contributed by atoms with E-state index in [0.717, 1.165) is 37.7 Å². The van der Waals surface area contributed by atoms with E-state index in [1.165, 1.54) is 57.8 Å². The lowest BCUT2D eigenvalue weighted by Crippen LogP contribution is -2.36. The van der Waals surface area contributed by atoms with E-state index in [-0.39, 0.29) is 28.5 Å². The molecule has 6 heteroatoms. The van der Waals surface area contributed by atoms with Gasteiger partial charge < -0.3 is 5.32 Å². The molecule has 1 saturated carbocycles. The maximum Gasteiger partial charge on any atom is 0.270 e. The van der Waals surface area contributed by atoms with Crippen molar-refractivity contribution in [1.82, 2.24) is 10.3 Å². The highest BCUT2D eigenvalue weighted by molar-refractivity contribution is 5.92. The molecule has 0 aliphatic heterocycles. The first kappa shape index (κ1) is 25.9. The lowest BCUT2D eigenvalue weighted by molar-refractivity contribution is -0.384. The zero-order chi connectivity index (χ0) is 24.0. The van der Waals surface area contributed by atoms with Crippen LogP contribution in [0, 0.1) is 10.1 Å². The molecule has 6 nitrogen and oxygen atoms in total. The van der Waals surface area contributed by atoms with Gasteiger partial charge in [-0.1, -0.05) is 88.8 Å². The Kier molecular flexibility index (Phi) is 11.0. The Morgan fingerprint density at radius 3 is 1.97 bits per heavy atom. The molecule has 1 unspecified atom stereocenters. The highest BCUT2D eigenvalue weighted by Gasteiger charge is 2.21. The second-order valence-electron chi connectivity index (χ2n) is 9.63. The summed E-state index contributed by atoms with van der Waals surface area (Å²) in [5, 5.41) is 14.4. The number of benzene rings is 1. The fourth-order valence-corrected chi connectivity index (χ4v) is 5.01. The summed E-state index contributed by atoms with van der Waals surface area (Å²) in [6.45, 7) is 0. The molecule has 0 spiro atoms. The summed E-state index contributed by atoms with van der Waals surface area (Å²) in [6, 6.07) is 12.5. The van der Waals surface area contributed by atoms with E-state index in [1.807, 2.05) is 24.3 Å². The largest absolute Gasteiger partial charge is 0.348 e. The number of hydrogen-bond acceptors (Lipinski definition) is 4. The van der Waals surface area contributed by atoms with Crippen LogP contribution in [0.3, 0.4) is 0 Å². The van der Waals surface area contributed by atoms with Crippen molar-refractivity contribution in [2.75, 3.05) is 0 Å². The molecule has 1 N–H and O–H groups in total. The quantitative estimate of drug-likeness (QED) is 0.378. The SMILES string of the molecule is O=C(N[C@@H]1CCCCCCCCCCCCCC(c2ccc([N+](=O)[O-])cc2)C1)c1ccccn1. The Balaban J connectivity index is 1.74. The van der Waals surface area contributed by atoms with Crippen LogP contribution in [0.15, 0.2) is 48.7 Å². The molecule has 0 bridgehead atoms. The Bertz CT molecular complexity index is 870. The Morgan fingerprint density at radius 2 is 1.41 bits per heavy atom. The summed E-state index contributed by atoms with van der Waals surface area (Å²) in [6.07, 6.45) is 18.3. The van der Waals surface area contributed by atoms with Gasteiger partial charge in [-0.15, -0.1) is 0 Å². The highest BCUT2D eigenvalue weighted by atomic mass is 16.6. The van der Waals surface area contributed by atoms with Gasteiger partial charge in [0, 0.05) is 24.4 Å². The van der Waals surface area contributed by atoms with Crippen LogP contribution < -0.4 is 5.32 Å². The molecule has 2 aromatic rings. The fourth-order valence-electron chi connectivity index (χ4n) is 5.01. The number of nitro groups is 1. The molecule has 1 aliphatic carbocycles. The van der Waals surface area contributed by atoms with Crippen LogP contribution in [0.5, 0.6) is 0 Å². The second kappa shape index (κ2) is 14.5. The summed E-state index contributed by atoms with van der Waals surface area (Å²) in [4.78, 5) is 27.9. The molecule has 1 aliphatic rings. The Labute approximate surface area is 203 Å². The molecule has 1 fully saturated rings. The van der Waals surface area contributed by atoms with E-state index in [9.17, 15) is 14.9 Å². The van der Waals surface area contributed by atoms with Crippen LogP contribution in [0.25, 0.3) is 0 Å². The van der Waals surface area contributed by atoms with Gasteiger partial charge >= 0.3 is 0 Å². The van der Waals surface area contributed by atoms with Crippen LogP contribution in [0.4, 0.5) is 5.69 Å². The van der Waals surface area contributed by atoms with Crippen LogP contribution in [-0.2, 0) is 0 Å². The Morgan fingerprint density at radius 1 is 0.824 bits per heavy atom. The monoisotopic (exact) mass is 465 g/mol. The minimum atomic E-state index is -0.349. The van der Waals surface area contributed by atoms with E-state index >= 15 is 0 Å². The summed E-state index contributed by atoms with van der Waals surface area (Å²) in [7, 11) is 0. The number of amides is 1. The van der Waals surface area contributed by atoms with Crippen molar-refractivity contribution in [3.8, 4) is 0 Å². The van der Waals surface area contributed by atoms with Crippen molar-refractivity contribution in [1.29, 1.82) is 0 Å². The van der Waals surface area contributed by atoms with E-state index in [2.05, 4.69) is 10.3 Å². The van der Waals surface area contributed by atoms with Gasteiger partial charge in [0.1, 0.15) is 5.69 Å². The minimum absolute atomic E-state index is 0.0580. The normalized spacial score (nSPS) is 21.4. The van der Waals surface area contributed by atoms with Crippen LogP contribution >= 0.6 is 0 Å². The molecule has 2 atom stereocenters. The van der Waals surface area contributed by atoms with Crippen molar-refractivity contribution >= 4 is 11.6 Å². The highest BCUT2D eigenvalue weighted by Crippen LogP contribution is 2.30. The first-order valence-corrected chi connectivity index (χ1v) is 13.1. The number of carbonyl (C=O) groups is 1. The molecule has 184 valence electrons. The zero-order valence-electron chi connectivity index (χ0n) is 20.3. The topological polar surface area (TPSA) is 85.1 Å². The average molecular weight is 466 g/mol. The number of nitrogens with zero attached hydrogens (tertiary/aromatic N) is 2. The van der Waals surface area contributed by atoms with Gasteiger partial charge in [-0.3, -0.25) is 19.9 Å². The number of nitro benzene ring substituents is 1. The number of aromatic nitrogens is 1. The van der Waals surface area contributed by atoms with Crippen molar-refractivity contribution in [2.45, 2.75) is 102 Å². The summed E-state index contributed by atoms with van der Waals surface area (Å²) in [5.74, 6) is 0.144. The number of nitrogens with one attached hydrogen (secondary N) is 1. The maximum absolute atomic E-state index is 12.9. The molecule has 34 heavy (non-hydrogen) atoms. The third-order valence-corrected chi connectivity index (χ3v) is 6.98. The van der Waals surface area contributed by atoms with E-state index < -0.39 is 0 Å². The molecule has 0 saturated heterocycles. The van der Waals surface area contributed by atoms with Crippen molar-refractivity contribution in [2.24, 2.45) is 0 Å². The molecule has 0 radical (unpaired) electrons. The number of hydrogen-bond donors (Lipinski definition) is 1. The summed E-state index contributed by atoms with van der Waals surface area (Å²) < 4.78 is 0. The molecule has 3 rings (SSSR count). The number of rotatable bonds is 4. The molecular formula is C28H39N3O3. The van der Waals surface area contributed by atoms with E-state index in [0.29, 0.717) is 5.69 Å². The molecule has 1 amide bonds. The molecular weight excluding hydrogens is 426 g/mol. The van der Waals surface area contributed by atoms with Gasteiger partial charge in [-0.2, -0.15) is 0 Å². The predicted octanol–water partition coefficient (Wildman–Crippen LogP) is 7.35. The van der Waals surface area contributed by atoms with E-state index in [4.69, 9.17) is 0 Å². The van der Waals surface area contributed by atoms with E-state index in [1.54, 1.807) is 24.4 Å². The van der Waals surface area contributed by atoms with Gasteiger partial charge in [0.2, 0.25) is 0 Å². The second-order valence-corrected chi connectivity index (χ2v) is 9.63. The number of carbonyl (C=O) groups excluding carboxylic acids is 1. The smallest absolute Gasteiger partial charge is 0.270 e. The number of pyridine rings is 1. The average Bonchev–Trinajstić information content (AvgIpc) is 2.85. The maximum atomic E-state index is 12.9. The Hall–Kier alpha value is -2.76. The molecule has 1 aromatic carbocycles. The summed E-state index contributed by atoms with van der Waals surface area (Å²) in [5.41, 5.74) is 1.70. The van der Waals surface area contributed by atoms with Crippen molar-refractivity contribution in [3.05, 3.63) is 70.0 Å². The van der Waals surface area contributed by atoms with Gasteiger partial charge in [0.05, 0.1) is 4.92 Å². The number of non-ortho nitro benzene ring substituents is 1. The van der Waals surface area contributed by atoms with Crippen LogP contribution in [-0.4, -0.2) is 21.9 Å². The molecule has 1 heterocycles. The van der Waals surface area contributed by atoms with Gasteiger partial charge in [0.25, 0.3) is 11.6 Å². The zero-order valence-corrected chi connectivity index (χ0v) is 20.3. The molecule has 1 aromatic heterocycles. The standard InChI is InChI=1S/C28H39N3O3/c32-28(27-16-12-13-21-29-27)30-25-15-11-9-7-5-3-1-2-4-6-8-10-14-24(22-25)23-17-19-26(20-18-23)31(33)34/h12-13,16-21,24-25H,1-11,14-15,22H2,(H,30,32)/t24?,25-/m1/s1. The van der Waals surface area contributed by atoms with Crippen molar-refractivity contribution in [3.63, 3.8) is 0 Å². The predicted molar refractivity (Wildman–Crippen MR) is 136 cm³/mol.